The third kappa shape index (κ3) is 2.84. The second kappa shape index (κ2) is 6.07. The van der Waals surface area contributed by atoms with Crippen molar-refractivity contribution in [2.75, 3.05) is 0 Å². The van der Waals surface area contributed by atoms with E-state index in [-0.39, 0.29) is 34.4 Å². The first-order valence-corrected chi connectivity index (χ1v) is 10.1. The zero-order valence-corrected chi connectivity index (χ0v) is 17.3. The average Bonchev–Trinajstić information content (AvgIpc) is 2.48. The second-order valence-electron chi connectivity index (χ2n) is 10.2. The molecule has 2 saturated carbocycles. The summed E-state index contributed by atoms with van der Waals surface area (Å²) in [7, 11) is 0. The smallest absolute Gasteiger partial charge is 0.302 e. The molecule has 0 amide bonds. The summed E-state index contributed by atoms with van der Waals surface area (Å²) in [4.78, 5) is 11.6. The highest BCUT2D eigenvalue weighted by Crippen LogP contribution is 2.65. The van der Waals surface area contributed by atoms with E-state index < -0.39 is 11.7 Å². The maximum absolute atomic E-state index is 11.6. The number of rotatable bonds is 2. The Morgan fingerprint density at radius 1 is 1.19 bits per heavy atom. The Morgan fingerprint density at radius 2 is 1.85 bits per heavy atom. The van der Waals surface area contributed by atoms with Gasteiger partial charge in [-0.3, -0.25) is 4.79 Å². The van der Waals surface area contributed by atoms with Gasteiger partial charge >= 0.3 is 5.97 Å². The average molecular weight is 365 g/mol. The van der Waals surface area contributed by atoms with E-state index in [0.29, 0.717) is 12.3 Å². The van der Waals surface area contributed by atoms with E-state index in [9.17, 15) is 9.90 Å². The molecule has 1 heterocycles. The van der Waals surface area contributed by atoms with Crippen LogP contribution in [0.25, 0.3) is 0 Å². The summed E-state index contributed by atoms with van der Waals surface area (Å²) in [6.45, 7) is 16.4. The standard InChI is InChI=1S/C22H36O4/c1-8-20(5)13-15(24)18-21(6)11-10-17(25-14(2)23)19(3,4)16(21)9-12-22(18,7)26-20/h8,15-18,24H,1,9-13H2,2-7H3/t15-,16-,17+,18+,20+,21-,22+/m1/s1. The lowest BCUT2D eigenvalue weighted by molar-refractivity contribution is -0.291. The molecule has 0 bridgehead atoms. The predicted octanol–water partition coefficient (Wildman–Crippen LogP) is 4.26. The maximum Gasteiger partial charge on any atom is 0.302 e. The van der Waals surface area contributed by atoms with Crippen LogP contribution >= 0.6 is 0 Å². The molecule has 4 nitrogen and oxygen atoms in total. The van der Waals surface area contributed by atoms with Gasteiger partial charge in [-0.1, -0.05) is 26.8 Å². The van der Waals surface area contributed by atoms with Crippen LogP contribution in [0.5, 0.6) is 0 Å². The Balaban J connectivity index is 1.96. The number of hydrogen-bond donors (Lipinski definition) is 1. The van der Waals surface area contributed by atoms with Crippen molar-refractivity contribution in [3.63, 3.8) is 0 Å². The van der Waals surface area contributed by atoms with Gasteiger partial charge < -0.3 is 14.6 Å². The van der Waals surface area contributed by atoms with Gasteiger partial charge in [-0.15, -0.1) is 6.58 Å². The minimum atomic E-state index is -0.474. The van der Waals surface area contributed by atoms with Crippen molar-refractivity contribution in [3.8, 4) is 0 Å². The van der Waals surface area contributed by atoms with Crippen molar-refractivity contribution < 1.29 is 19.4 Å². The fourth-order valence-corrected chi connectivity index (χ4v) is 7.03. The van der Waals surface area contributed by atoms with Crippen molar-refractivity contribution in [2.24, 2.45) is 22.7 Å². The fraction of sp³-hybridized carbons (Fsp3) is 0.864. The lowest BCUT2D eigenvalue weighted by Gasteiger charge is -2.67. The zero-order valence-electron chi connectivity index (χ0n) is 17.3. The van der Waals surface area contributed by atoms with Crippen LogP contribution in [0.1, 0.15) is 73.6 Å². The van der Waals surface area contributed by atoms with Crippen LogP contribution in [-0.4, -0.2) is 34.5 Å². The Kier molecular flexibility index (Phi) is 4.64. The lowest BCUT2D eigenvalue weighted by Crippen LogP contribution is -2.68. The quantitative estimate of drug-likeness (QED) is 0.588. The Hall–Kier alpha value is -0.870. The number of carbonyl (C=O) groups is 1. The van der Waals surface area contributed by atoms with Gasteiger partial charge in [0.2, 0.25) is 0 Å². The minimum Gasteiger partial charge on any atom is -0.462 e. The zero-order chi connectivity index (χ0) is 19.5. The molecule has 0 spiro atoms. The molecule has 2 aliphatic carbocycles. The van der Waals surface area contributed by atoms with Crippen LogP contribution in [0.2, 0.25) is 0 Å². The maximum atomic E-state index is 11.6. The van der Waals surface area contributed by atoms with E-state index in [2.05, 4.69) is 34.3 Å². The summed E-state index contributed by atoms with van der Waals surface area (Å²) in [5.41, 5.74) is -0.970. The summed E-state index contributed by atoms with van der Waals surface area (Å²) in [5.74, 6) is 0.270. The van der Waals surface area contributed by atoms with Gasteiger partial charge in [0.25, 0.3) is 0 Å². The molecule has 1 N–H and O–H groups in total. The molecule has 0 aromatic carbocycles. The SMILES string of the molecule is C=C[C@@]1(C)C[C@@H](O)[C@H]2[C@]3(C)CC[C@H](OC(C)=O)C(C)(C)[C@H]3CC[C@]2(C)O1. The van der Waals surface area contributed by atoms with Crippen LogP contribution < -0.4 is 0 Å². The number of ether oxygens (including phenoxy) is 2. The molecule has 3 fully saturated rings. The van der Waals surface area contributed by atoms with Crippen LogP contribution in [0.4, 0.5) is 0 Å². The number of aliphatic hydroxyl groups excluding tert-OH is 1. The van der Waals surface area contributed by atoms with E-state index >= 15 is 0 Å². The van der Waals surface area contributed by atoms with Crippen molar-refractivity contribution in [2.45, 2.75) is 97.1 Å². The molecule has 3 rings (SSSR count). The highest BCUT2D eigenvalue weighted by molar-refractivity contribution is 5.66. The number of aliphatic hydroxyl groups is 1. The summed E-state index contributed by atoms with van der Waals surface area (Å²) < 4.78 is 12.3. The Bertz CT molecular complexity index is 599. The van der Waals surface area contributed by atoms with Crippen molar-refractivity contribution in [1.82, 2.24) is 0 Å². The van der Waals surface area contributed by atoms with Gasteiger partial charge in [-0.25, -0.2) is 0 Å². The topological polar surface area (TPSA) is 55.8 Å². The molecule has 3 aliphatic rings. The van der Waals surface area contributed by atoms with Gasteiger partial charge in [-0.05, 0) is 50.9 Å². The number of carbonyl (C=O) groups excluding carboxylic acids is 1. The number of hydrogen-bond acceptors (Lipinski definition) is 4. The fourth-order valence-electron chi connectivity index (χ4n) is 7.03. The highest BCUT2D eigenvalue weighted by atomic mass is 16.5. The molecule has 0 aromatic heterocycles. The molecule has 148 valence electrons. The van der Waals surface area contributed by atoms with Gasteiger partial charge in [-0.2, -0.15) is 0 Å². The molecule has 7 atom stereocenters. The molecular formula is C22H36O4. The van der Waals surface area contributed by atoms with E-state index in [1.807, 2.05) is 13.0 Å². The van der Waals surface area contributed by atoms with Crippen molar-refractivity contribution in [3.05, 3.63) is 12.7 Å². The first-order chi connectivity index (χ1) is 11.9. The molecule has 0 aromatic rings. The van der Waals surface area contributed by atoms with Crippen LogP contribution in [0.3, 0.4) is 0 Å². The van der Waals surface area contributed by atoms with Crippen molar-refractivity contribution >= 4 is 5.97 Å². The summed E-state index contributed by atoms with van der Waals surface area (Å²) >= 11 is 0. The van der Waals surface area contributed by atoms with E-state index in [1.54, 1.807) is 0 Å². The van der Waals surface area contributed by atoms with Gasteiger partial charge in [0.05, 0.1) is 17.3 Å². The van der Waals surface area contributed by atoms with Crippen LogP contribution in [0.15, 0.2) is 12.7 Å². The summed E-state index contributed by atoms with van der Waals surface area (Å²) in [5, 5.41) is 11.2. The van der Waals surface area contributed by atoms with E-state index in [4.69, 9.17) is 9.47 Å². The Labute approximate surface area is 158 Å². The first kappa shape index (κ1) is 19.9. The molecule has 1 saturated heterocycles. The molecule has 1 aliphatic heterocycles. The van der Waals surface area contributed by atoms with Crippen LogP contribution in [0, 0.1) is 22.7 Å². The highest BCUT2D eigenvalue weighted by Gasteiger charge is 2.65. The van der Waals surface area contributed by atoms with E-state index in [0.717, 1.165) is 25.7 Å². The first-order valence-electron chi connectivity index (χ1n) is 10.1. The number of esters is 1. The third-order valence-electron chi connectivity index (χ3n) is 7.97. The minimum absolute atomic E-state index is 0.0327. The van der Waals surface area contributed by atoms with E-state index in [1.165, 1.54) is 6.92 Å². The lowest BCUT2D eigenvalue weighted by atomic mass is 9.43. The largest absolute Gasteiger partial charge is 0.462 e. The second-order valence-corrected chi connectivity index (χ2v) is 10.2. The van der Waals surface area contributed by atoms with Gasteiger partial charge in [0.15, 0.2) is 0 Å². The predicted molar refractivity (Wildman–Crippen MR) is 102 cm³/mol. The summed E-state index contributed by atoms with van der Waals surface area (Å²) in [6.07, 6.45) is 5.69. The molecule has 4 heteroatoms. The monoisotopic (exact) mass is 364 g/mol. The molecule has 26 heavy (non-hydrogen) atoms. The van der Waals surface area contributed by atoms with Crippen molar-refractivity contribution in [1.29, 1.82) is 0 Å². The van der Waals surface area contributed by atoms with Crippen LogP contribution in [-0.2, 0) is 14.3 Å². The van der Waals surface area contributed by atoms with Gasteiger partial charge in [0.1, 0.15) is 6.10 Å². The third-order valence-corrected chi connectivity index (χ3v) is 7.97. The normalized spacial score (nSPS) is 50.3. The molecular weight excluding hydrogens is 328 g/mol. The Morgan fingerprint density at radius 3 is 2.42 bits per heavy atom. The van der Waals surface area contributed by atoms with Gasteiger partial charge in [0, 0.05) is 24.7 Å². The molecule has 0 unspecified atom stereocenters. The summed E-state index contributed by atoms with van der Waals surface area (Å²) in [6, 6.07) is 0. The molecule has 0 radical (unpaired) electrons. The number of fused-ring (bicyclic) bond motifs is 3.